The van der Waals surface area contributed by atoms with Crippen LogP contribution in [0.5, 0.6) is 0 Å². The topological polar surface area (TPSA) is 26.0 Å². The first-order valence-electron chi connectivity index (χ1n) is 4.71. The van der Waals surface area contributed by atoms with Crippen molar-refractivity contribution in [1.82, 2.24) is 0 Å². The molecule has 0 saturated carbocycles. The van der Waals surface area contributed by atoms with Crippen LogP contribution in [0.25, 0.3) is 0 Å². The molecule has 78 valence electrons. The van der Waals surface area contributed by atoms with Gasteiger partial charge in [-0.25, -0.2) is 8.78 Å². The molecular weight excluding hydrogens is 184 g/mol. The van der Waals surface area contributed by atoms with E-state index in [-0.39, 0.29) is 5.92 Å². The summed E-state index contributed by atoms with van der Waals surface area (Å²) in [6.07, 6.45) is 0. The lowest BCUT2D eigenvalue weighted by atomic mass is 9.88. The van der Waals surface area contributed by atoms with Crippen LogP contribution in [-0.2, 0) is 0 Å². The average molecular weight is 199 g/mol. The van der Waals surface area contributed by atoms with E-state index in [2.05, 4.69) is 0 Å². The fourth-order valence-electron chi connectivity index (χ4n) is 1.54. The van der Waals surface area contributed by atoms with Crippen molar-refractivity contribution >= 4 is 0 Å². The summed E-state index contributed by atoms with van der Waals surface area (Å²) in [5, 5.41) is 0. The van der Waals surface area contributed by atoms with Gasteiger partial charge in [0.2, 0.25) is 0 Å². The zero-order chi connectivity index (χ0) is 10.7. The molecule has 0 saturated heterocycles. The molecule has 0 radical (unpaired) electrons. The summed E-state index contributed by atoms with van der Waals surface area (Å²) >= 11 is 0. The molecule has 1 aromatic carbocycles. The van der Waals surface area contributed by atoms with Crippen LogP contribution in [0.4, 0.5) is 8.78 Å². The zero-order valence-corrected chi connectivity index (χ0v) is 8.43. The lowest BCUT2D eigenvalue weighted by Gasteiger charge is -2.19. The third-order valence-corrected chi connectivity index (χ3v) is 2.43. The molecule has 0 spiro atoms. The van der Waals surface area contributed by atoms with Crippen LogP contribution < -0.4 is 5.73 Å². The number of hydrogen-bond acceptors (Lipinski definition) is 1. The van der Waals surface area contributed by atoms with Gasteiger partial charge < -0.3 is 5.73 Å². The lowest BCUT2D eigenvalue weighted by Crippen LogP contribution is -2.18. The molecule has 0 amide bonds. The second-order valence-corrected chi connectivity index (χ2v) is 3.76. The van der Waals surface area contributed by atoms with E-state index in [4.69, 9.17) is 5.73 Å². The fraction of sp³-hybridized carbons (Fsp3) is 0.455. The van der Waals surface area contributed by atoms with Crippen LogP contribution in [-0.4, -0.2) is 6.54 Å². The van der Waals surface area contributed by atoms with E-state index in [1.807, 2.05) is 13.8 Å². The molecule has 1 nitrogen and oxygen atoms in total. The van der Waals surface area contributed by atoms with Crippen molar-refractivity contribution in [3.8, 4) is 0 Å². The Morgan fingerprint density at radius 2 is 1.86 bits per heavy atom. The van der Waals surface area contributed by atoms with Crippen molar-refractivity contribution in [1.29, 1.82) is 0 Å². The van der Waals surface area contributed by atoms with Crippen LogP contribution in [0, 0.1) is 17.6 Å². The zero-order valence-electron chi connectivity index (χ0n) is 8.43. The van der Waals surface area contributed by atoms with Gasteiger partial charge in [0, 0.05) is 0 Å². The van der Waals surface area contributed by atoms with Crippen molar-refractivity contribution < 1.29 is 8.78 Å². The molecule has 1 unspecified atom stereocenters. The predicted octanol–water partition coefficient (Wildman–Crippen LogP) is 2.66. The molecule has 3 heteroatoms. The highest BCUT2D eigenvalue weighted by Gasteiger charge is 2.15. The highest BCUT2D eigenvalue weighted by molar-refractivity contribution is 5.22. The first-order chi connectivity index (χ1) is 6.56. The first-order valence-corrected chi connectivity index (χ1v) is 4.71. The van der Waals surface area contributed by atoms with Gasteiger partial charge in [-0.05, 0) is 36.1 Å². The summed E-state index contributed by atoms with van der Waals surface area (Å²) in [6.45, 7) is 4.47. The molecule has 0 aliphatic carbocycles. The maximum absolute atomic E-state index is 12.9. The molecule has 0 aliphatic heterocycles. The van der Waals surface area contributed by atoms with Gasteiger partial charge in [-0.3, -0.25) is 0 Å². The van der Waals surface area contributed by atoms with E-state index < -0.39 is 11.6 Å². The van der Waals surface area contributed by atoms with Crippen molar-refractivity contribution in [3.05, 3.63) is 35.4 Å². The van der Waals surface area contributed by atoms with Crippen LogP contribution in [0.15, 0.2) is 18.2 Å². The monoisotopic (exact) mass is 199 g/mol. The van der Waals surface area contributed by atoms with Crippen LogP contribution >= 0.6 is 0 Å². The lowest BCUT2D eigenvalue weighted by molar-refractivity contribution is 0.484. The Bertz CT molecular complexity index is 310. The van der Waals surface area contributed by atoms with Gasteiger partial charge in [-0.15, -0.1) is 0 Å². The van der Waals surface area contributed by atoms with Crippen LogP contribution in [0.3, 0.4) is 0 Å². The number of hydrogen-bond donors (Lipinski definition) is 1. The fourth-order valence-corrected chi connectivity index (χ4v) is 1.54. The minimum atomic E-state index is -0.812. The molecule has 2 N–H and O–H groups in total. The van der Waals surface area contributed by atoms with Crippen molar-refractivity contribution in [3.63, 3.8) is 0 Å². The molecule has 1 atom stereocenters. The van der Waals surface area contributed by atoms with Gasteiger partial charge in [0.15, 0.2) is 11.6 Å². The summed E-state index contributed by atoms with van der Waals surface area (Å²) in [5.41, 5.74) is 6.34. The Kier molecular flexibility index (Phi) is 3.58. The van der Waals surface area contributed by atoms with Crippen molar-refractivity contribution in [2.45, 2.75) is 19.8 Å². The third kappa shape index (κ3) is 2.29. The Morgan fingerprint density at radius 3 is 2.29 bits per heavy atom. The number of benzene rings is 1. The minimum Gasteiger partial charge on any atom is -0.330 e. The average Bonchev–Trinajstić information content (AvgIpc) is 2.11. The highest BCUT2D eigenvalue weighted by atomic mass is 19.2. The van der Waals surface area contributed by atoms with E-state index in [1.165, 1.54) is 6.07 Å². The maximum atomic E-state index is 12.9. The molecule has 1 rings (SSSR count). The standard InChI is InChI=1S/C11H15F2N/c1-7(2)9(6-14)8-3-4-10(12)11(13)5-8/h3-5,7,9H,6,14H2,1-2H3. The van der Waals surface area contributed by atoms with Gasteiger partial charge >= 0.3 is 0 Å². The molecule has 0 aromatic heterocycles. The predicted molar refractivity (Wildman–Crippen MR) is 53.0 cm³/mol. The number of nitrogens with two attached hydrogens (primary N) is 1. The van der Waals surface area contributed by atoms with Gasteiger partial charge in [0.1, 0.15) is 0 Å². The Morgan fingerprint density at radius 1 is 1.21 bits per heavy atom. The van der Waals surface area contributed by atoms with E-state index in [1.54, 1.807) is 6.07 Å². The first kappa shape index (κ1) is 11.1. The molecule has 0 heterocycles. The SMILES string of the molecule is CC(C)C(CN)c1ccc(F)c(F)c1. The van der Waals surface area contributed by atoms with Crippen LogP contribution in [0.2, 0.25) is 0 Å². The maximum Gasteiger partial charge on any atom is 0.159 e. The van der Waals surface area contributed by atoms with Gasteiger partial charge in [0.25, 0.3) is 0 Å². The largest absolute Gasteiger partial charge is 0.330 e. The summed E-state index contributed by atoms with van der Waals surface area (Å²) in [4.78, 5) is 0. The smallest absolute Gasteiger partial charge is 0.159 e. The van der Waals surface area contributed by atoms with Crippen molar-refractivity contribution in [2.75, 3.05) is 6.54 Å². The molecule has 0 fully saturated rings. The third-order valence-electron chi connectivity index (χ3n) is 2.43. The molecule has 1 aromatic rings. The van der Waals surface area contributed by atoms with Gasteiger partial charge in [-0.2, -0.15) is 0 Å². The number of halogens is 2. The molecule has 0 aliphatic rings. The Balaban J connectivity index is 3.00. The summed E-state index contributed by atoms with van der Waals surface area (Å²) in [6, 6.07) is 3.97. The summed E-state index contributed by atoms with van der Waals surface area (Å²) in [7, 11) is 0. The van der Waals surface area contributed by atoms with E-state index >= 15 is 0 Å². The van der Waals surface area contributed by atoms with Crippen LogP contribution in [0.1, 0.15) is 25.3 Å². The molecular formula is C11H15F2N. The van der Waals surface area contributed by atoms with E-state index in [0.29, 0.717) is 12.5 Å². The highest BCUT2D eigenvalue weighted by Crippen LogP contribution is 2.24. The summed E-state index contributed by atoms with van der Waals surface area (Å²) in [5.74, 6) is -1.20. The number of rotatable bonds is 3. The van der Waals surface area contributed by atoms with Gasteiger partial charge in [-0.1, -0.05) is 19.9 Å². The minimum absolute atomic E-state index is 0.0881. The normalized spacial score (nSPS) is 13.3. The Labute approximate surface area is 82.9 Å². The Hall–Kier alpha value is -0.960. The van der Waals surface area contributed by atoms with Gasteiger partial charge in [0.05, 0.1) is 0 Å². The second-order valence-electron chi connectivity index (χ2n) is 3.76. The second kappa shape index (κ2) is 4.51. The van der Waals surface area contributed by atoms with Crippen molar-refractivity contribution in [2.24, 2.45) is 11.7 Å². The summed E-state index contributed by atoms with van der Waals surface area (Å²) < 4.78 is 25.6. The molecule has 0 bridgehead atoms. The van der Waals surface area contributed by atoms with E-state index in [0.717, 1.165) is 11.6 Å². The molecule has 14 heavy (non-hydrogen) atoms. The quantitative estimate of drug-likeness (QED) is 0.795. The van der Waals surface area contributed by atoms with E-state index in [9.17, 15) is 8.78 Å².